The van der Waals surface area contributed by atoms with E-state index in [1.165, 1.54) is 35.1 Å². The second kappa shape index (κ2) is 9.45. The number of halogens is 1. The fraction of sp³-hybridized carbons (Fsp3) is 0.235. The van der Waals surface area contributed by atoms with E-state index >= 15 is 0 Å². The van der Waals surface area contributed by atoms with Crippen molar-refractivity contribution in [1.29, 1.82) is 0 Å². The lowest BCUT2D eigenvalue weighted by molar-refractivity contribution is 0.309. The Kier molecular flexibility index (Phi) is 5.78. The zero-order valence-corrected chi connectivity index (χ0v) is 21.6. The van der Waals surface area contributed by atoms with E-state index in [2.05, 4.69) is 89.4 Å². The largest absolute Gasteiger partial charge is 0.457 e. The number of hydrogen-bond donors (Lipinski definition) is 0. The predicted octanol–water partition coefficient (Wildman–Crippen LogP) is 7.75. The first-order valence-corrected chi connectivity index (χ1v) is 13.6. The maximum atomic E-state index is 14.6. The normalized spacial score (nSPS) is 18.8. The molecule has 0 saturated carbocycles. The van der Waals surface area contributed by atoms with Crippen LogP contribution in [0.2, 0.25) is 0 Å². The van der Waals surface area contributed by atoms with Gasteiger partial charge in [0.1, 0.15) is 17.3 Å². The van der Waals surface area contributed by atoms with Crippen molar-refractivity contribution in [1.82, 2.24) is 9.47 Å². The van der Waals surface area contributed by atoms with E-state index in [9.17, 15) is 4.39 Å². The molecular weight excluding hydrogens is 471 g/mol. The summed E-state index contributed by atoms with van der Waals surface area (Å²) in [7, 11) is 2.21. The quantitative estimate of drug-likeness (QED) is 0.240. The number of likely N-dealkylation sites (tertiary alicyclic amines) is 1. The van der Waals surface area contributed by atoms with Crippen molar-refractivity contribution in [2.45, 2.75) is 37.8 Å². The first kappa shape index (κ1) is 23.2. The Balaban J connectivity index is 1.43. The highest BCUT2D eigenvalue weighted by Crippen LogP contribution is 2.48. The van der Waals surface area contributed by atoms with Crippen molar-refractivity contribution >= 4 is 10.9 Å². The molecule has 0 spiro atoms. The van der Waals surface area contributed by atoms with Gasteiger partial charge in [-0.15, -0.1) is 0 Å². The van der Waals surface area contributed by atoms with Gasteiger partial charge in [0, 0.05) is 34.3 Å². The molecule has 2 atom stereocenters. The van der Waals surface area contributed by atoms with Gasteiger partial charge in [-0.1, -0.05) is 60.7 Å². The van der Waals surface area contributed by atoms with Crippen LogP contribution < -0.4 is 4.74 Å². The molecule has 1 fully saturated rings. The third kappa shape index (κ3) is 4.00. The van der Waals surface area contributed by atoms with E-state index in [1.54, 1.807) is 12.1 Å². The summed E-state index contributed by atoms with van der Waals surface area (Å²) in [5, 5.41) is 1.01. The third-order valence-electron chi connectivity index (χ3n) is 8.38. The van der Waals surface area contributed by atoms with Crippen molar-refractivity contribution in [3.8, 4) is 11.5 Å². The zero-order chi connectivity index (χ0) is 25.6. The van der Waals surface area contributed by atoms with Gasteiger partial charge in [0.05, 0.1) is 6.04 Å². The van der Waals surface area contributed by atoms with Gasteiger partial charge in [-0.2, -0.15) is 0 Å². The van der Waals surface area contributed by atoms with E-state index < -0.39 is 0 Å². The maximum Gasteiger partial charge on any atom is 0.133 e. The summed E-state index contributed by atoms with van der Waals surface area (Å²) >= 11 is 0. The molecule has 0 bridgehead atoms. The predicted molar refractivity (Wildman–Crippen MR) is 151 cm³/mol. The minimum absolute atomic E-state index is 0.0714. The molecule has 0 unspecified atom stereocenters. The number of nitrogens with zero attached hydrogens (tertiary/aromatic N) is 2. The molecule has 4 heteroatoms. The second-order valence-corrected chi connectivity index (χ2v) is 10.7. The van der Waals surface area contributed by atoms with Crippen molar-refractivity contribution in [2.24, 2.45) is 0 Å². The van der Waals surface area contributed by atoms with E-state index in [1.807, 2.05) is 12.1 Å². The molecule has 5 aromatic rings. The number of likely N-dealkylation sites (N-methyl/N-ethyl adjacent to an activating group) is 1. The molecule has 0 amide bonds. The SMILES string of the molecule is CN1CCC[C@H]1Cc1cn([C@H]2c3ccccc3Oc3cccc(Cc4ccccc4)c32)c2ccc(F)cc12. The van der Waals surface area contributed by atoms with Crippen molar-refractivity contribution in [3.05, 3.63) is 131 Å². The van der Waals surface area contributed by atoms with Crippen LogP contribution in [0.5, 0.6) is 11.5 Å². The smallest absolute Gasteiger partial charge is 0.133 e. The molecule has 4 aromatic carbocycles. The van der Waals surface area contributed by atoms with Gasteiger partial charge in [0.25, 0.3) is 0 Å². The van der Waals surface area contributed by atoms with Gasteiger partial charge < -0.3 is 14.2 Å². The standard InChI is InChI=1S/C34H31FN2O/c1-36-18-8-12-27(36)20-25-22-37(30-17-16-26(35)21-29(25)30)34-28-13-5-6-14-31(28)38-32-15-7-11-24(33(32)34)19-23-9-3-2-4-10-23/h2-7,9-11,13-17,21-22,27,34H,8,12,18-20H2,1H3/t27-,34-/m0/s1. The molecule has 2 aliphatic rings. The minimum Gasteiger partial charge on any atom is -0.457 e. The van der Waals surface area contributed by atoms with Crippen molar-refractivity contribution in [3.63, 3.8) is 0 Å². The summed E-state index contributed by atoms with van der Waals surface area (Å²) < 4.78 is 23.5. The summed E-state index contributed by atoms with van der Waals surface area (Å²) in [6, 6.07) is 31.0. The van der Waals surface area contributed by atoms with Crippen LogP contribution in [0.1, 0.15) is 46.7 Å². The summed E-state index contributed by atoms with van der Waals surface area (Å²) in [6.45, 7) is 1.13. The van der Waals surface area contributed by atoms with Crippen LogP contribution in [0.3, 0.4) is 0 Å². The van der Waals surface area contributed by atoms with Crippen LogP contribution in [0.15, 0.2) is 97.2 Å². The van der Waals surface area contributed by atoms with Crippen LogP contribution in [-0.4, -0.2) is 29.1 Å². The average molecular weight is 503 g/mol. The van der Waals surface area contributed by atoms with Crippen LogP contribution in [0.25, 0.3) is 10.9 Å². The lowest BCUT2D eigenvalue weighted by atomic mass is 9.88. The van der Waals surface area contributed by atoms with Gasteiger partial charge >= 0.3 is 0 Å². The Labute approximate surface area is 223 Å². The topological polar surface area (TPSA) is 17.4 Å². The highest BCUT2D eigenvalue weighted by molar-refractivity contribution is 5.85. The molecule has 7 rings (SSSR count). The Morgan fingerprint density at radius 1 is 0.868 bits per heavy atom. The summed E-state index contributed by atoms with van der Waals surface area (Å²) in [5.41, 5.74) is 7.10. The minimum atomic E-state index is -0.186. The van der Waals surface area contributed by atoms with Crippen LogP contribution in [0, 0.1) is 5.82 Å². The second-order valence-electron chi connectivity index (χ2n) is 10.7. The Morgan fingerprint density at radius 2 is 1.68 bits per heavy atom. The van der Waals surface area contributed by atoms with Crippen LogP contribution in [0.4, 0.5) is 4.39 Å². The Bertz CT molecular complexity index is 1620. The third-order valence-corrected chi connectivity index (χ3v) is 8.38. The number of hydrogen-bond acceptors (Lipinski definition) is 2. The molecule has 0 aliphatic carbocycles. The van der Waals surface area contributed by atoms with Crippen LogP contribution in [-0.2, 0) is 12.8 Å². The molecule has 190 valence electrons. The Hall–Kier alpha value is -3.89. The lowest BCUT2D eigenvalue weighted by Gasteiger charge is -2.32. The lowest BCUT2D eigenvalue weighted by Crippen LogP contribution is -2.26. The fourth-order valence-electron chi connectivity index (χ4n) is 6.49. The number of rotatable bonds is 5. The molecule has 38 heavy (non-hydrogen) atoms. The highest BCUT2D eigenvalue weighted by Gasteiger charge is 2.32. The van der Waals surface area contributed by atoms with Gasteiger partial charge in [-0.3, -0.25) is 0 Å². The average Bonchev–Trinajstić information content (AvgIpc) is 3.50. The zero-order valence-electron chi connectivity index (χ0n) is 21.6. The van der Waals surface area contributed by atoms with Crippen molar-refractivity contribution in [2.75, 3.05) is 13.6 Å². The molecule has 0 N–H and O–H groups in total. The van der Waals surface area contributed by atoms with E-state index in [4.69, 9.17) is 4.74 Å². The van der Waals surface area contributed by atoms with Crippen molar-refractivity contribution < 1.29 is 9.13 Å². The molecule has 2 aliphatic heterocycles. The van der Waals surface area contributed by atoms with E-state index in [-0.39, 0.29) is 11.9 Å². The molecule has 1 aromatic heterocycles. The monoisotopic (exact) mass is 502 g/mol. The van der Waals surface area contributed by atoms with E-state index in [0.29, 0.717) is 6.04 Å². The number of fused-ring (bicyclic) bond motifs is 3. The van der Waals surface area contributed by atoms with Gasteiger partial charge in [0.15, 0.2) is 0 Å². The molecule has 1 saturated heterocycles. The molecule has 3 heterocycles. The Morgan fingerprint density at radius 3 is 2.53 bits per heavy atom. The first-order chi connectivity index (χ1) is 18.7. The highest BCUT2D eigenvalue weighted by atomic mass is 19.1. The summed E-state index contributed by atoms with van der Waals surface area (Å²) in [6.07, 6.45) is 6.43. The maximum absolute atomic E-state index is 14.6. The fourth-order valence-corrected chi connectivity index (χ4v) is 6.49. The first-order valence-electron chi connectivity index (χ1n) is 13.6. The van der Waals surface area contributed by atoms with Gasteiger partial charge in [-0.25, -0.2) is 4.39 Å². The summed E-state index contributed by atoms with van der Waals surface area (Å²) in [4.78, 5) is 2.44. The van der Waals surface area contributed by atoms with E-state index in [0.717, 1.165) is 47.4 Å². The number of benzene rings is 4. The molecular formula is C34H31FN2O. The molecule has 3 nitrogen and oxygen atoms in total. The summed E-state index contributed by atoms with van der Waals surface area (Å²) in [5.74, 6) is 1.58. The molecule has 0 radical (unpaired) electrons. The number of ether oxygens (including phenoxy) is 1. The van der Waals surface area contributed by atoms with Gasteiger partial charge in [-0.05, 0) is 86.3 Å². The van der Waals surface area contributed by atoms with Crippen LogP contribution >= 0.6 is 0 Å². The van der Waals surface area contributed by atoms with Gasteiger partial charge in [0.2, 0.25) is 0 Å². The number of aromatic nitrogens is 1. The number of para-hydroxylation sites is 1.